The average molecular weight is 395 g/mol. The van der Waals surface area contributed by atoms with E-state index < -0.39 is 23.4 Å². The Morgan fingerprint density at radius 2 is 1.96 bits per heavy atom. The fraction of sp³-hybridized carbons (Fsp3) is 0.188. The Balaban J connectivity index is 1.95. The highest BCUT2D eigenvalue weighted by Gasteiger charge is 2.31. The number of nitrogens with zero attached hydrogens (tertiary/aromatic N) is 4. The van der Waals surface area contributed by atoms with Gasteiger partial charge < -0.3 is 0 Å². The normalized spacial score (nSPS) is 11.4. The number of rotatable bonds is 4. The maximum Gasteiger partial charge on any atom is 0.416 e. The van der Waals surface area contributed by atoms with Crippen LogP contribution in [0, 0.1) is 13.8 Å². The SMILES string of the molecule is Cc1nn(-c2cccc(C(F)(F)F)c2)c(C)c1C(=O)C(=O)Nc1nncs1. The zero-order valence-corrected chi connectivity index (χ0v) is 14.9. The summed E-state index contributed by atoms with van der Waals surface area (Å²) in [4.78, 5) is 24.6. The lowest BCUT2D eigenvalue weighted by Crippen LogP contribution is -2.24. The molecule has 0 aliphatic rings. The summed E-state index contributed by atoms with van der Waals surface area (Å²) in [6.07, 6.45) is -4.51. The van der Waals surface area contributed by atoms with Crippen molar-refractivity contribution in [1.29, 1.82) is 0 Å². The van der Waals surface area contributed by atoms with Crippen molar-refractivity contribution in [2.24, 2.45) is 0 Å². The molecule has 0 aliphatic heterocycles. The molecule has 140 valence electrons. The first-order chi connectivity index (χ1) is 12.7. The summed E-state index contributed by atoms with van der Waals surface area (Å²) < 4.78 is 40.0. The molecule has 0 saturated heterocycles. The Morgan fingerprint density at radius 3 is 2.59 bits per heavy atom. The first kappa shape index (κ1) is 18.7. The van der Waals surface area contributed by atoms with Gasteiger partial charge in [0.1, 0.15) is 5.51 Å². The number of hydrogen-bond acceptors (Lipinski definition) is 6. The Labute approximate surface area is 154 Å². The predicted octanol–water partition coefficient (Wildman–Crippen LogP) is 3.18. The topological polar surface area (TPSA) is 89.8 Å². The Bertz CT molecular complexity index is 1010. The molecule has 1 aromatic carbocycles. The number of hydrogen-bond donors (Lipinski definition) is 1. The number of aromatic nitrogens is 4. The summed E-state index contributed by atoms with van der Waals surface area (Å²) >= 11 is 1.04. The molecule has 0 atom stereocenters. The molecule has 3 aromatic rings. The van der Waals surface area contributed by atoms with Crippen LogP contribution in [0.15, 0.2) is 29.8 Å². The van der Waals surface area contributed by atoms with Crippen molar-refractivity contribution in [2.45, 2.75) is 20.0 Å². The van der Waals surface area contributed by atoms with Gasteiger partial charge in [0.25, 0.3) is 11.7 Å². The molecule has 7 nitrogen and oxygen atoms in total. The van der Waals surface area contributed by atoms with E-state index >= 15 is 0 Å². The van der Waals surface area contributed by atoms with Gasteiger partial charge in [-0.3, -0.25) is 14.9 Å². The highest BCUT2D eigenvalue weighted by Crippen LogP contribution is 2.31. The highest BCUT2D eigenvalue weighted by molar-refractivity contribution is 7.13. The van der Waals surface area contributed by atoms with Gasteiger partial charge in [-0.2, -0.15) is 18.3 Å². The number of carbonyl (C=O) groups excluding carboxylic acids is 2. The van der Waals surface area contributed by atoms with Crippen molar-refractivity contribution >= 4 is 28.2 Å². The number of anilines is 1. The second-order valence-electron chi connectivity index (χ2n) is 5.53. The van der Waals surface area contributed by atoms with Gasteiger partial charge >= 0.3 is 6.18 Å². The van der Waals surface area contributed by atoms with Crippen LogP contribution in [-0.4, -0.2) is 31.7 Å². The monoisotopic (exact) mass is 395 g/mol. The third-order valence-electron chi connectivity index (χ3n) is 3.72. The van der Waals surface area contributed by atoms with E-state index in [0.717, 1.165) is 23.5 Å². The molecule has 0 unspecified atom stereocenters. The van der Waals surface area contributed by atoms with E-state index in [4.69, 9.17) is 0 Å². The summed E-state index contributed by atoms with van der Waals surface area (Å²) in [6, 6.07) is 4.55. The molecule has 0 radical (unpaired) electrons. The minimum absolute atomic E-state index is 0.0226. The average Bonchev–Trinajstić information content (AvgIpc) is 3.21. The van der Waals surface area contributed by atoms with Gasteiger partial charge in [-0.15, -0.1) is 10.2 Å². The Kier molecular flexibility index (Phi) is 4.79. The van der Waals surface area contributed by atoms with Crippen LogP contribution in [0.25, 0.3) is 5.69 Å². The van der Waals surface area contributed by atoms with E-state index in [9.17, 15) is 22.8 Å². The van der Waals surface area contributed by atoms with Crippen LogP contribution in [0.5, 0.6) is 0 Å². The number of halogens is 3. The predicted molar refractivity (Wildman–Crippen MR) is 90.9 cm³/mol. The molecule has 2 heterocycles. The van der Waals surface area contributed by atoms with Crippen LogP contribution in [-0.2, 0) is 11.0 Å². The molecular weight excluding hydrogens is 383 g/mol. The fourth-order valence-corrected chi connectivity index (χ4v) is 2.97. The molecular formula is C16H12F3N5O2S. The van der Waals surface area contributed by atoms with Crippen molar-refractivity contribution in [3.63, 3.8) is 0 Å². The van der Waals surface area contributed by atoms with Gasteiger partial charge in [-0.05, 0) is 32.0 Å². The van der Waals surface area contributed by atoms with Crippen LogP contribution >= 0.6 is 11.3 Å². The lowest BCUT2D eigenvalue weighted by atomic mass is 10.1. The fourth-order valence-electron chi connectivity index (χ4n) is 2.53. The van der Waals surface area contributed by atoms with E-state index in [1.165, 1.54) is 36.2 Å². The molecule has 0 aliphatic carbocycles. The van der Waals surface area contributed by atoms with Crippen LogP contribution in [0.1, 0.15) is 27.3 Å². The lowest BCUT2D eigenvalue weighted by molar-refractivity contribution is -0.137. The van der Waals surface area contributed by atoms with Gasteiger partial charge in [0.05, 0.1) is 28.2 Å². The summed E-state index contributed by atoms with van der Waals surface area (Å²) in [5.41, 5.74) is 1.19. The van der Waals surface area contributed by atoms with Gasteiger partial charge in [0.15, 0.2) is 0 Å². The number of Topliss-reactive ketones (excluding diaryl/α,β-unsaturated/α-hetero) is 1. The molecule has 0 spiro atoms. The molecule has 0 bridgehead atoms. The molecule has 0 fully saturated rings. The molecule has 2 aromatic heterocycles. The Morgan fingerprint density at radius 1 is 1.22 bits per heavy atom. The third kappa shape index (κ3) is 3.72. The molecule has 3 rings (SSSR count). The zero-order chi connectivity index (χ0) is 19.8. The van der Waals surface area contributed by atoms with Gasteiger partial charge in [0.2, 0.25) is 5.13 Å². The number of benzene rings is 1. The Hall–Kier alpha value is -3.08. The third-order valence-corrected chi connectivity index (χ3v) is 4.33. The summed E-state index contributed by atoms with van der Waals surface area (Å²) in [5.74, 6) is -1.79. The molecule has 1 N–H and O–H groups in total. The standard InChI is InChI=1S/C16H12F3N5O2S/c1-8-12(13(25)14(26)21-15-22-20-7-27-15)9(2)24(23-8)11-5-3-4-10(6-11)16(17,18)19/h3-7H,1-2H3,(H,21,22,26). The van der Waals surface area contributed by atoms with Crippen molar-refractivity contribution in [3.05, 3.63) is 52.3 Å². The highest BCUT2D eigenvalue weighted by atomic mass is 32.1. The van der Waals surface area contributed by atoms with Crippen LogP contribution in [0.2, 0.25) is 0 Å². The molecule has 1 amide bonds. The van der Waals surface area contributed by atoms with Crippen molar-refractivity contribution in [1.82, 2.24) is 20.0 Å². The zero-order valence-electron chi connectivity index (χ0n) is 14.0. The van der Waals surface area contributed by atoms with E-state index in [1.54, 1.807) is 0 Å². The number of aryl methyl sites for hydroxylation is 1. The first-order valence-electron chi connectivity index (χ1n) is 7.54. The van der Waals surface area contributed by atoms with Gasteiger partial charge in [-0.1, -0.05) is 17.4 Å². The molecule has 27 heavy (non-hydrogen) atoms. The lowest BCUT2D eigenvalue weighted by Gasteiger charge is -2.10. The minimum atomic E-state index is -4.51. The van der Waals surface area contributed by atoms with Gasteiger partial charge in [0, 0.05) is 0 Å². The second-order valence-corrected chi connectivity index (χ2v) is 6.37. The number of carbonyl (C=O) groups is 2. The summed E-state index contributed by atoms with van der Waals surface area (Å²) in [6.45, 7) is 3.01. The van der Waals surface area contributed by atoms with E-state index in [2.05, 4.69) is 20.6 Å². The van der Waals surface area contributed by atoms with Crippen molar-refractivity contribution in [2.75, 3.05) is 5.32 Å². The van der Waals surface area contributed by atoms with Crippen molar-refractivity contribution < 1.29 is 22.8 Å². The maximum absolute atomic E-state index is 12.9. The second kappa shape index (κ2) is 6.91. The smallest absolute Gasteiger partial charge is 0.294 e. The number of alkyl halides is 3. The van der Waals surface area contributed by atoms with Crippen molar-refractivity contribution in [3.8, 4) is 5.69 Å². The maximum atomic E-state index is 12.9. The van der Waals surface area contributed by atoms with E-state index in [0.29, 0.717) is 0 Å². The summed E-state index contributed by atoms with van der Waals surface area (Å²) in [7, 11) is 0. The van der Waals surface area contributed by atoms with Crippen LogP contribution in [0.3, 0.4) is 0 Å². The minimum Gasteiger partial charge on any atom is -0.294 e. The van der Waals surface area contributed by atoms with Crippen LogP contribution in [0.4, 0.5) is 18.3 Å². The van der Waals surface area contributed by atoms with E-state index in [1.807, 2.05) is 0 Å². The summed E-state index contributed by atoms with van der Waals surface area (Å²) in [5, 5.41) is 13.8. The quantitative estimate of drug-likeness (QED) is 0.541. The molecule has 11 heteroatoms. The van der Waals surface area contributed by atoms with E-state index in [-0.39, 0.29) is 27.8 Å². The van der Waals surface area contributed by atoms with Gasteiger partial charge in [-0.25, -0.2) is 4.68 Å². The number of nitrogens with one attached hydrogen (secondary N) is 1. The number of ketones is 1. The van der Waals surface area contributed by atoms with Crippen LogP contribution < -0.4 is 5.32 Å². The molecule has 0 saturated carbocycles. The largest absolute Gasteiger partial charge is 0.416 e. The number of amides is 1. The first-order valence-corrected chi connectivity index (χ1v) is 8.42.